The van der Waals surface area contributed by atoms with Gasteiger partial charge in [-0.3, -0.25) is 19.4 Å². The average molecular weight is 431 g/mol. The SMILES string of the molecule is Cc1nonc1CN1CCN([C@H](C(=O)O)c2cn(CC(=O)O)c3cc(F)ccc23)CC1. The summed E-state index contributed by atoms with van der Waals surface area (Å²) in [6.45, 7) is 4.24. The summed E-state index contributed by atoms with van der Waals surface area (Å²) in [6, 6.07) is 3.01. The minimum atomic E-state index is -1.09. The molecule has 0 amide bonds. The third-order valence-corrected chi connectivity index (χ3v) is 5.60. The first-order valence-corrected chi connectivity index (χ1v) is 9.81. The van der Waals surface area contributed by atoms with Crippen LogP contribution in [0.4, 0.5) is 4.39 Å². The van der Waals surface area contributed by atoms with Crippen LogP contribution in [0.2, 0.25) is 0 Å². The van der Waals surface area contributed by atoms with E-state index in [-0.39, 0.29) is 6.54 Å². The number of nitrogens with zero attached hydrogens (tertiary/aromatic N) is 5. The Morgan fingerprint density at radius 2 is 1.94 bits per heavy atom. The maximum atomic E-state index is 13.8. The molecule has 3 heterocycles. The molecule has 1 atom stereocenters. The number of hydrogen-bond donors (Lipinski definition) is 2. The summed E-state index contributed by atoms with van der Waals surface area (Å²) in [6.07, 6.45) is 1.51. The second kappa shape index (κ2) is 8.44. The number of aliphatic carboxylic acids is 2. The molecule has 1 aliphatic heterocycles. The van der Waals surface area contributed by atoms with Gasteiger partial charge in [0.1, 0.15) is 29.8 Å². The van der Waals surface area contributed by atoms with Crippen LogP contribution < -0.4 is 0 Å². The van der Waals surface area contributed by atoms with Crippen LogP contribution in [0.5, 0.6) is 0 Å². The zero-order valence-electron chi connectivity index (χ0n) is 16.9. The van der Waals surface area contributed by atoms with Crippen LogP contribution in [-0.2, 0) is 22.7 Å². The van der Waals surface area contributed by atoms with Gasteiger partial charge in [0.15, 0.2) is 0 Å². The molecular weight excluding hydrogens is 409 g/mol. The number of benzene rings is 1. The Hall–Kier alpha value is -3.31. The van der Waals surface area contributed by atoms with Gasteiger partial charge in [-0.2, -0.15) is 0 Å². The number of aromatic nitrogens is 3. The lowest BCUT2D eigenvalue weighted by Gasteiger charge is -2.37. The lowest BCUT2D eigenvalue weighted by Crippen LogP contribution is -2.48. The van der Waals surface area contributed by atoms with Gasteiger partial charge in [-0.15, -0.1) is 0 Å². The number of hydrogen-bond acceptors (Lipinski definition) is 7. The molecule has 0 radical (unpaired) electrons. The van der Waals surface area contributed by atoms with E-state index in [1.165, 1.54) is 29.0 Å². The van der Waals surface area contributed by atoms with E-state index in [0.29, 0.717) is 49.2 Å². The Morgan fingerprint density at radius 1 is 1.19 bits per heavy atom. The van der Waals surface area contributed by atoms with Crippen molar-refractivity contribution in [3.05, 3.63) is 47.2 Å². The molecule has 2 N–H and O–H groups in total. The number of carbonyl (C=O) groups is 2. The zero-order valence-corrected chi connectivity index (χ0v) is 16.9. The number of piperazine rings is 1. The van der Waals surface area contributed by atoms with Crippen LogP contribution in [-0.4, -0.2) is 73.0 Å². The predicted octanol–water partition coefficient (Wildman–Crippen LogP) is 1.50. The summed E-state index contributed by atoms with van der Waals surface area (Å²) < 4.78 is 19.9. The van der Waals surface area contributed by atoms with E-state index < -0.39 is 23.8 Å². The maximum Gasteiger partial charge on any atom is 0.325 e. The molecule has 0 unspecified atom stereocenters. The lowest BCUT2D eigenvalue weighted by molar-refractivity contribution is -0.144. The van der Waals surface area contributed by atoms with Gasteiger partial charge < -0.3 is 14.8 Å². The molecule has 0 saturated carbocycles. The molecule has 1 saturated heterocycles. The van der Waals surface area contributed by atoms with Gasteiger partial charge in [0.2, 0.25) is 0 Å². The maximum absolute atomic E-state index is 13.8. The van der Waals surface area contributed by atoms with Gasteiger partial charge in [0, 0.05) is 49.9 Å². The second-order valence-corrected chi connectivity index (χ2v) is 7.62. The molecule has 1 fully saturated rings. The van der Waals surface area contributed by atoms with E-state index in [2.05, 4.69) is 15.2 Å². The van der Waals surface area contributed by atoms with E-state index in [1.54, 1.807) is 0 Å². The third-order valence-electron chi connectivity index (χ3n) is 5.60. The number of halogens is 1. The largest absolute Gasteiger partial charge is 0.480 e. The van der Waals surface area contributed by atoms with E-state index in [4.69, 9.17) is 4.63 Å². The molecule has 2 aromatic heterocycles. The molecule has 164 valence electrons. The first kappa shape index (κ1) is 20.9. The standard InChI is InChI=1S/C20H22FN5O5/c1-12-16(23-31-22-12)10-24-4-6-25(7-5-24)19(20(29)30)15-9-26(11-18(27)28)17-8-13(21)2-3-14(15)17/h2-3,8-9,19H,4-7,10-11H2,1H3,(H,27,28)(H,29,30)/t19-/m0/s1. The highest BCUT2D eigenvalue weighted by molar-refractivity contribution is 5.90. The molecule has 0 aliphatic carbocycles. The van der Waals surface area contributed by atoms with Crippen molar-refractivity contribution in [2.24, 2.45) is 0 Å². The van der Waals surface area contributed by atoms with Gasteiger partial charge in [-0.05, 0) is 25.1 Å². The lowest BCUT2D eigenvalue weighted by atomic mass is 10.0. The van der Waals surface area contributed by atoms with Crippen LogP contribution in [0.1, 0.15) is 23.0 Å². The molecule has 10 nitrogen and oxygen atoms in total. The monoisotopic (exact) mass is 431 g/mol. The zero-order chi connectivity index (χ0) is 22.1. The van der Waals surface area contributed by atoms with E-state index in [9.17, 15) is 24.2 Å². The van der Waals surface area contributed by atoms with Gasteiger partial charge in [-0.25, -0.2) is 9.02 Å². The van der Waals surface area contributed by atoms with Crippen molar-refractivity contribution < 1.29 is 28.8 Å². The molecule has 0 spiro atoms. The fourth-order valence-corrected chi connectivity index (χ4v) is 4.06. The molecule has 1 aliphatic rings. The summed E-state index contributed by atoms with van der Waals surface area (Å²) in [5, 5.41) is 27.4. The van der Waals surface area contributed by atoms with Gasteiger partial charge in [0.05, 0.1) is 5.52 Å². The fourth-order valence-electron chi connectivity index (χ4n) is 4.06. The Balaban J connectivity index is 1.58. The van der Waals surface area contributed by atoms with Crippen molar-refractivity contribution in [2.75, 3.05) is 26.2 Å². The number of fused-ring (bicyclic) bond motifs is 1. The molecule has 4 rings (SSSR count). The number of aryl methyl sites for hydroxylation is 1. The summed E-state index contributed by atoms with van der Waals surface area (Å²) in [5.74, 6) is -2.64. The first-order valence-electron chi connectivity index (χ1n) is 9.81. The van der Waals surface area contributed by atoms with Crippen LogP contribution >= 0.6 is 0 Å². The summed E-state index contributed by atoms with van der Waals surface area (Å²) in [4.78, 5) is 27.5. The molecule has 11 heteroatoms. The Bertz CT molecular complexity index is 1120. The van der Waals surface area contributed by atoms with Gasteiger partial charge >= 0.3 is 11.9 Å². The molecule has 31 heavy (non-hydrogen) atoms. The average Bonchev–Trinajstić information content (AvgIpc) is 3.26. The molecule has 1 aromatic carbocycles. The Labute approximate surface area is 176 Å². The van der Waals surface area contributed by atoms with Crippen molar-refractivity contribution in [3.63, 3.8) is 0 Å². The Morgan fingerprint density at radius 3 is 2.55 bits per heavy atom. The number of rotatable bonds is 7. The van der Waals surface area contributed by atoms with Gasteiger partial charge in [0.25, 0.3) is 0 Å². The smallest absolute Gasteiger partial charge is 0.325 e. The fraction of sp³-hybridized carbons (Fsp3) is 0.400. The number of carboxylic acids is 2. The predicted molar refractivity (Wildman–Crippen MR) is 106 cm³/mol. The van der Waals surface area contributed by atoms with Crippen molar-refractivity contribution in [2.45, 2.75) is 26.1 Å². The van der Waals surface area contributed by atoms with Gasteiger partial charge in [-0.1, -0.05) is 10.3 Å². The topological polar surface area (TPSA) is 125 Å². The van der Waals surface area contributed by atoms with Crippen LogP contribution in [0.25, 0.3) is 10.9 Å². The van der Waals surface area contributed by atoms with Crippen LogP contribution in [0.15, 0.2) is 29.0 Å². The van der Waals surface area contributed by atoms with Crippen molar-refractivity contribution >= 4 is 22.8 Å². The van der Waals surface area contributed by atoms with E-state index >= 15 is 0 Å². The van der Waals surface area contributed by atoms with Crippen molar-refractivity contribution in [1.82, 2.24) is 24.7 Å². The third kappa shape index (κ3) is 4.28. The quantitative estimate of drug-likeness (QED) is 0.572. The highest BCUT2D eigenvalue weighted by Crippen LogP contribution is 2.32. The Kier molecular flexibility index (Phi) is 5.70. The summed E-state index contributed by atoms with van der Waals surface area (Å²) in [5.41, 5.74) is 2.29. The molecule has 0 bridgehead atoms. The number of carboxylic acid groups (broad SMARTS) is 2. The first-order chi connectivity index (χ1) is 14.8. The summed E-state index contributed by atoms with van der Waals surface area (Å²) >= 11 is 0. The van der Waals surface area contributed by atoms with Crippen LogP contribution in [0.3, 0.4) is 0 Å². The van der Waals surface area contributed by atoms with E-state index in [1.807, 2.05) is 11.8 Å². The van der Waals surface area contributed by atoms with Crippen molar-refractivity contribution in [1.29, 1.82) is 0 Å². The molecular formula is C20H22FN5O5. The molecule has 3 aromatic rings. The minimum Gasteiger partial charge on any atom is -0.480 e. The van der Waals surface area contributed by atoms with Crippen LogP contribution in [0, 0.1) is 12.7 Å². The van der Waals surface area contributed by atoms with E-state index in [0.717, 1.165) is 11.4 Å². The highest BCUT2D eigenvalue weighted by atomic mass is 19.1. The van der Waals surface area contributed by atoms with Crippen molar-refractivity contribution in [3.8, 4) is 0 Å². The second-order valence-electron chi connectivity index (χ2n) is 7.62. The highest BCUT2D eigenvalue weighted by Gasteiger charge is 2.33. The minimum absolute atomic E-state index is 0.358. The normalized spacial score (nSPS) is 16.6. The summed E-state index contributed by atoms with van der Waals surface area (Å²) in [7, 11) is 0.